The van der Waals surface area contributed by atoms with Crippen molar-refractivity contribution in [3.63, 3.8) is 0 Å². The first-order chi connectivity index (χ1) is 9.79. The minimum atomic E-state index is 0.432. The lowest BCUT2D eigenvalue weighted by atomic mass is 10.0. The largest absolute Gasteiger partial charge is 0.334 e. The van der Waals surface area contributed by atoms with Crippen molar-refractivity contribution in [2.75, 3.05) is 6.54 Å². The first-order valence-corrected chi connectivity index (χ1v) is 7.53. The van der Waals surface area contributed by atoms with Crippen molar-refractivity contribution < 1.29 is 0 Å². The Kier molecular flexibility index (Phi) is 3.87. The summed E-state index contributed by atoms with van der Waals surface area (Å²) in [6, 6.07) is 0.432. The van der Waals surface area contributed by atoms with Gasteiger partial charge in [0.25, 0.3) is 0 Å². The molecule has 20 heavy (non-hydrogen) atoms. The summed E-state index contributed by atoms with van der Waals surface area (Å²) in [7, 11) is 0. The number of piperidine rings is 1. The average molecular weight is 273 g/mol. The van der Waals surface area contributed by atoms with E-state index in [2.05, 4.69) is 44.7 Å². The van der Waals surface area contributed by atoms with Gasteiger partial charge in [-0.2, -0.15) is 5.10 Å². The van der Waals surface area contributed by atoms with Crippen LogP contribution in [0.25, 0.3) is 0 Å². The van der Waals surface area contributed by atoms with E-state index >= 15 is 0 Å². The lowest BCUT2D eigenvalue weighted by Crippen LogP contribution is -2.34. The molecule has 3 rings (SSSR count). The predicted molar refractivity (Wildman–Crippen MR) is 78.2 cm³/mol. The van der Waals surface area contributed by atoms with Gasteiger partial charge in [-0.15, -0.1) is 0 Å². The normalized spacial score (nSPS) is 20.4. The molecule has 0 spiro atoms. The third-order valence-corrected chi connectivity index (χ3v) is 4.29. The first-order valence-electron chi connectivity index (χ1n) is 7.53. The van der Waals surface area contributed by atoms with Crippen LogP contribution in [0.3, 0.4) is 0 Å². The Morgan fingerprint density at radius 3 is 3.05 bits per heavy atom. The number of aromatic nitrogens is 4. The summed E-state index contributed by atoms with van der Waals surface area (Å²) in [6.07, 6.45) is 9.68. The zero-order valence-corrected chi connectivity index (χ0v) is 12.3. The summed E-state index contributed by atoms with van der Waals surface area (Å²) in [5, 5.41) is 7.26. The minimum Gasteiger partial charge on any atom is -0.334 e. The van der Waals surface area contributed by atoms with Crippen molar-refractivity contribution in [3.05, 3.63) is 35.7 Å². The highest BCUT2D eigenvalue weighted by atomic mass is 15.2. The maximum Gasteiger partial charge on any atom is 0.126 e. The van der Waals surface area contributed by atoms with Crippen molar-refractivity contribution in [2.45, 2.75) is 52.2 Å². The van der Waals surface area contributed by atoms with Gasteiger partial charge < -0.3 is 4.57 Å². The van der Waals surface area contributed by atoms with Crippen molar-refractivity contribution >= 4 is 0 Å². The van der Waals surface area contributed by atoms with Crippen LogP contribution in [0.15, 0.2) is 18.6 Å². The summed E-state index contributed by atoms with van der Waals surface area (Å²) < 4.78 is 2.27. The number of rotatable bonds is 4. The summed E-state index contributed by atoms with van der Waals surface area (Å²) in [5.74, 6) is 1.21. The Labute approximate surface area is 120 Å². The number of H-pyrrole nitrogens is 1. The SMILES string of the molecule is CCn1ccnc1C1CCCCN1Cc1[nH]ncc1C. The molecule has 1 aliphatic heterocycles. The number of imidazole rings is 1. The molecule has 0 radical (unpaired) electrons. The van der Waals surface area contributed by atoms with Gasteiger partial charge in [-0.3, -0.25) is 10.00 Å². The average Bonchev–Trinajstić information content (AvgIpc) is 3.09. The second-order valence-corrected chi connectivity index (χ2v) is 5.59. The van der Waals surface area contributed by atoms with Crippen LogP contribution in [0.4, 0.5) is 0 Å². The summed E-state index contributed by atoms with van der Waals surface area (Å²) in [4.78, 5) is 7.15. The number of nitrogens with one attached hydrogen (secondary N) is 1. The molecule has 1 atom stereocenters. The molecular weight excluding hydrogens is 250 g/mol. The van der Waals surface area contributed by atoms with E-state index in [0.717, 1.165) is 19.6 Å². The highest BCUT2D eigenvalue weighted by Gasteiger charge is 2.27. The third-order valence-electron chi connectivity index (χ3n) is 4.29. The molecule has 1 unspecified atom stereocenters. The number of aryl methyl sites for hydroxylation is 2. The Hall–Kier alpha value is -1.62. The van der Waals surface area contributed by atoms with E-state index in [-0.39, 0.29) is 0 Å². The molecule has 0 aliphatic carbocycles. The van der Waals surface area contributed by atoms with E-state index in [1.165, 1.54) is 36.3 Å². The fourth-order valence-electron chi connectivity index (χ4n) is 3.09. The van der Waals surface area contributed by atoms with E-state index in [0.29, 0.717) is 6.04 Å². The van der Waals surface area contributed by atoms with E-state index < -0.39 is 0 Å². The van der Waals surface area contributed by atoms with Gasteiger partial charge in [0.2, 0.25) is 0 Å². The molecule has 1 N–H and O–H groups in total. The molecule has 2 aromatic rings. The zero-order chi connectivity index (χ0) is 13.9. The van der Waals surface area contributed by atoms with E-state index in [4.69, 9.17) is 0 Å². The molecule has 0 saturated carbocycles. The van der Waals surface area contributed by atoms with Gasteiger partial charge in [-0.25, -0.2) is 4.98 Å². The van der Waals surface area contributed by atoms with Gasteiger partial charge in [0.15, 0.2) is 0 Å². The number of nitrogens with zero attached hydrogens (tertiary/aromatic N) is 4. The third kappa shape index (κ3) is 2.50. The number of likely N-dealkylation sites (tertiary alicyclic amines) is 1. The van der Waals surface area contributed by atoms with Gasteiger partial charge in [0.1, 0.15) is 5.82 Å². The molecule has 0 bridgehead atoms. The number of hydrogen-bond acceptors (Lipinski definition) is 3. The molecule has 1 fully saturated rings. The number of aromatic amines is 1. The van der Waals surface area contributed by atoms with Crippen LogP contribution in [0.1, 0.15) is 49.3 Å². The van der Waals surface area contributed by atoms with Crippen molar-refractivity contribution in [1.29, 1.82) is 0 Å². The molecule has 108 valence electrons. The quantitative estimate of drug-likeness (QED) is 0.931. The van der Waals surface area contributed by atoms with Gasteiger partial charge in [0.05, 0.1) is 17.9 Å². The van der Waals surface area contributed by atoms with Crippen molar-refractivity contribution in [2.24, 2.45) is 0 Å². The Balaban J connectivity index is 1.82. The lowest BCUT2D eigenvalue weighted by molar-refractivity contribution is 0.129. The lowest BCUT2D eigenvalue weighted by Gasteiger charge is -2.35. The molecule has 1 saturated heterocycles. The van der Waals surface area contributed by atoms with E-state index in [1.807, 2.05) is 12.4 Å². The molecule has 0 aromatic carbocycles. The van der Waals surface area contributed by atoms with Crippen LogP contribution >= 0.6 is 0 Å². The van der Waals surface area contributed by atoms with Crippen LogP contribution < -0.4 is 0 Å². The maximum absolute atomic E-state index is 4.61. The summed E-state index contributed by atoms with van der Waals surface area (Å²) in [6.45, 7) is 7.36. The van der Waals surface area contributed by atoms with Crippen LogP contribution in [-0.4, -0.2) is 31.2 Å². The Morgan fingerprint density at radius 2 is 2.30 bits per heavy atom. The van der Waals surface area contributed by atoms with Gasteiger partial charge in [-0.05, 0) is 38.8 Å². The molecule has 0 amide bonds. The highest BCUT2D eigenvalue weighted by Crippen LogP contribution is 2.31. The van der Waals surface area contributed by atoms with E-state index in [1.54, 1.807) is 0 Å². The highest BCUT2D eigenvalue weighted by molar-refractivity contribution is 5.14. The first kappa shape index (κ1) is 13.4. The van der Waals surface area contributed by atoms with E-state index in [9.17, 15) is 0 Å². The molecular formula is C15H23N5. The molecule has 1 aliphatic rings. The second-order valence-electron chi connectivity index (χ2n) is 5.59. The number of hydrogen-bond donors (Lipinski definition) is 1. The van der Waals surface area contributed by atoms with Gasteiger partial charge >= 0.3 is 0 Å². The van der Waals surface area contributed by atoms with Gasteiger partial charge in [0, 0.05) is 25.5 Å². The maximum atomic E-state index is 4.61. The Morgan fingerprint density at radius 1 is 1.40 bits per heavy atom. The summed E-state index contributed by atoms with van der Waals surface area (Å²) >= 11 is 0. The second kappa shape index (κ2) is 5.79. The summed E-state index contributed by atoms with van der Waals surface area (Å²) in [5.41, 5.74) is 2.47. The van der Waals surface area contributed by atoms with Gasteiger partial charge in [-0.1, -0.05) is 6.42 Å². The standard InChI is InChI=1S/C15H23N5/c1-3-19-9-7-16-15(19)14-6-4-5-8-20(14)11-13-12(2)10-17-18-13/h7,9-10,14H,3-6,8,11H2,1-2H3,(H,17,18). The molecule has 2 aromatic heterocycles. The monoisotopic (exact) mass is 273 g/mol. The Bertz CT molecular complexity index is 556. The van der Waals surface area contributed by atoms with Crippen LogP contribution in [0, 0.1) is 6.92 Å². The fourth-order valence-corrected chi connectivity index (χ4v) is 3.09. The molecule has 5 nitrogen and oxygen atoms in total. The predicted octanol–water partition coefficient (Wildman–Crippen LogP) is 2.66. The fraction of sp³-hybridized carbons (Fsp3) is 0.600. The molecule has 3 heterocycles. The topological polar surface area (TPSA) is 49.7 Å². The van der Waals surface area contributed by atoms with Crippen molar-refractivity contribution in [3.8, 4) is 0 Å². The van der Waals surface area contributed by atoms with Crippen LogP contribution in [0.2, 0.25) is 0 Å². The van der Waals surface area contributed by atoms with Crippen LogP contribution in [-0.2, 0) is 13.1 Å². The smallest absolute Gasteiger partial charge is 0.126 e. The zero-order valence-electron chi connectivity index (χ0n) is 12.3. The molecule has 5 heteroatoms. The van der Waals surface area contributed by atoms with Crippen LogP contribution in [0.5, 0.6) is 0 Å². The minimum absolute atomic E-state index is 0.432. The van der Waals surface area contributed by atoms with Crippen molar-refractivity contribution in [1.82, 2.24) is 24.6 Å².